The van der Waals surface area contributed by atoms with Gasteiger partial charge in [-0.05, 0) is 39.2 Å². The van der Waals surface area contributed by atoms with Crippen molar-refractivity contribution in [3.8, 4) is 0 Å². The lowest BCUT2D eigenvalue weighted by Gasteiger charge is -2.37. The lowest BCUT2D eigenvalue weighted by molar-refractivity contribution is -0.142. The molecule has 0 radical (unpaired) electrons. The first-order valence-corrected chi connectivity index (χ1v) is 8.64. The number of hydrogen-bond donors (Lipinski definition) is 1. The van der Waals surface area contributed by atoms with Crippen LogP contribution in [0.15, 0.2) is 0 Å². The van der Waals surface area contributed by atoms with Gasteiger partial charge in [-0.15, -0.1) is 0 Å². The van der Waals surface area contributed by atoms with E-state index in [0.717, 1.165) is 51.9 Å². The van der Waals surface area contributed by atoms with Gasteiger partial charge in [-0.2, -0.15) is 0 Å². The summed E-state index contributed by atoms with van der Waals surface area (Å²) in [6.45, 7) is 10.4. The second-order valence-corrected chi connectivity index (χ2v) is 6.55. The molecule has 0 spiro atoms. The highest BCUT2D eigenvalue weighted by atomic mass is 16.2. The maximum absolute atomic E-state index is 12.9. The van der Waals surface area contributed by atoms with Crippen molar-refractivity contribution in [3.05, 3.63) is 0 Å². The second-order valence-electron chi connectivity index (χ2n) is 6.55. The molecule has 1 unspecified atom stereocenters. The van der Waals surface area contributed by atoms with Crippen LogP contribution in [0.5, 0.6) is 0 Å². The molecule has 1 amide bonds. The topological polar surface area (TPSA) is 32.3 Å². The quantitative estimate of drug-likeness (QED) is 0.656. The van der Waals surface area contributed by atoms with E-state index in [0.29, 0.717) is 5.91 Å². The highest BCUT2D eigenvalue weighted by molar-refractivity contribution is 5.82. The number of piperidine rings is 1. The molecule has 0 bridgehead atoms. The maximum Gasteiger partial charge on any atom is 0.229 e. The summed E-state index contributed by atoms with van der Waals surface area (Å²) in [6, 6.07) is 0. The van der Waals surface area contributed by atoms with Crippen molar-refractivity contribution in [3.63, 3.8) is 0 Å². The summed E-state index contributed by atoms with van der Waals surface area (Å²) in [7, 11) is 0. The number of rotatable bonds is 9. The van der Waals surface area contributed by atoms with E-state index >= 15 is 0 Å². The third-order valence-electron chi connectivity index (χ3n) is 4.46. The van der Waals surface area contributed by atoms with Crippen molar-refractivity contribution in [2.45, 2.75) is 72.1 Å². The number of hydrogen-bond acceptors (Lipinski definition) is 2. The van der Waals surface area contributed by atoms with Gasteiger partial charge in [0.15, 0.2) is 0 Å². The zero-order valence-electron chi connectivity index (χ0n) is 13.8. The molecule has 1 atom stereocenters. The summed E-state index contributed by atoms with van der Waals surface area (Å²) in [5, 5.41) is 3.40. The SMILES string of the molecule is CCCCCN(CCCCC)C(=O)C1(C)CCCNC1. The van der Waals surface area contributed by atoms with Gasteiger partial charge in [0.25, 0.3) is 0 Å². The van der Waals surface area contributed by atoms with E-state index in [-0.39, 0.29) is 5.41 Å². The van der Waals surface area contributed by atoms with Crippen molar-refractivity contribution in [1.29, 1.82) is 0 Å². The molecule has 3 heteroatoms. The molecule has 1 heterocycles. The number of unbranched alkanes of at least 4 members (excludes halogenated alkanes) is 4. The lowest BCUT2D eigenvalue weighted by Crippen LogP contribution is -2.50. The van der Waals surface area contributed by atoms with Gasteiger partial charge >= 0.3 is 0 Å². The average Bonchev–Trinajstić information content (AvgIpc) is 2.46. The van der Waals surface area contributed by atoms with Crippen LogP contribution in [0.2, 0.25) is 0 Å². The Morgan fingerprint density at radius 3 is 2.15 bits per heavy atom. The largest absolute Gasteiger partial charge is 0.342 e. The third kappa shape index (κ3) is 5.43. The molecule has 1 aliphatic rings. The second kappa shape index (κ2) is 9.38. The highest BCUT2D eigenvalue weighted by Gasteiger charge is 2.37. The van der Waals surface area contributed by atoms with E-state index in [4.69, 9.17) is 0 Å². The van der Waals surface area contributed by atoms with E-state index in [9.17, 15) is 4.79 Å². The summed E-state index contributed by atoms with van der Waals surface area (Å²) in [5.41, 5.74) is -0.170. The molecule has 118 valence electrons. The Kier molecular flexibility index (Phi) is 8.20. The van der Waals surface area contributed by atoms with Gasteiger partial charge in [-0.25, -0.2) is 0 Å². The first-order chi connectivity index (χ1) is 9.64. The van der Waals surface area contributed by atoms with Gasteiger partial charge in [0, 0.05) is 19.6 Å². The molecule has 0 aliphatic carbocycles. The predicted molar refractivity (Wildman–Crippen MR) is 85.8 cm³/mol. The number of carbonyl (C=O) groups is 1. The Bertz CT molecular complexity index is 262. The molecule has 1 fully saturated rings. The molecular formula is C17H34N2O. The predicted octanol–water partition coefficient (Wildman–Crippen LogP) is 3.59. The molecule has 0 aromatic rings. The molecule has 3 nitrogen and oxygen atoms in total. The molecule has 0 aromatic heterocycles. The Morgan fingerprint density at radius 1 is 1.10 bits per heavy atom. The van der Waals surface area contributed by atoms with E-state index in [1.807, 2.05) is 0 Å². The Labute approximate surface area is 125 Å². The van der Waals surface area contributed by atoms with Gasteiger partial charge in [0.2, 0.25) is 5.91 Å². The fourth-order valence-electron chi connectivity index (χ4n) is 3.04. The fraction of sp³-hybridized carbons (Fsp3) is 0.941. The van der Waals surface area contributed by atoms with Gasteiger partial charge in [-0.3, -0.25) is 4.79 Å². The number of carbonyl (C=O) groups excluding carboxylic acids is 1. The van der Waals surface area contributed by atoms with E-state index in [2.05, 4.69) is 31.0 Å². The lowest BCUT2D eigenvalue weighted by atomic mass is 9.81. The average molecular weight is 282 g/mol. The molecule has 0 saturated carbocycles. The normalized spacial score (nSPS) is 22.8. The number of nitrogens with zero attached hydrogens (tertiary/aromatic N) is 1. The van der Waals surface area contributed by atoms with Crippen LogP contribution in [0, 0.1) is 5.41 Å². The summed E-state index contributed by atoms with van der Waals surface area (Å²) in [5.74, 6) is 0.386. The van der Waals surface area contributed by atoms with Crippen LogP contribution in [0.3, 0.4) is 0 Å². The third-order valence-corrected chi connectivity index (χ3v) is 4.46. The molecular weight excluding hydrogens is 248 g/mol. The van der Waals surface area contributed by atoms with Crippen LogP contribution >= 0.6 is 0 Å². The van der Waals surface area contributed by atoms with Gasteiger partial charge < -0.3 is 10.2 Å². The molecule has 1 N–H and O–H groups in total. The minimum absolute atomic E-state index is 0.170. The minimum Gasteiger partial charge on any atom is -0.342 e. The summed E-state index contributed by atoms with van der Waals surface area (Å²) >= 11 is 0. The Hall–Kier alpha value is -0.570. The number of nitrogens with one attached hydrogen (secondary N) is 1. The molecule has 1 rings (SSSR count). The van der Waals surface area contributed by atoms with Crippen molar-refractivity contribution >= 4 is 5.91 Å². The molecule has 1 saturated heterocycles. The zero-order chi connectivity index (χ0) is 14.8. The van der Waals surface area contributed by atoms with Crippen LogP contribution < -0.4 is 5.32 Å². The summed E-state index contributed by atoms with van der Waals surface area (Å²) in [4.78, 5) is 15.0. The van der Waals surface area contributed by atoms with Crippen LogP contribution in [0.25, 0.3) is 0 Å². The van der Waals surface area contributed by atoms with E-state index in [1.54, 1.807) is 0 Å². The monoisotopic (exact) mass is 282 g/mol. The van der Waals surface area contributed by atoms with Gasteiger partial charge in [-0.1, -0.05) is 39.5 Å². The van der Waals surface area contributed by atoms with Crippen molar-refractivity contribution in [1.82, 2.24) is 10.2 Å². The Morgan fingerprint density at radius 2 is 1.70 bits per heavy atom. The standard InChI is InChI=1S/C17H34N2O/c1-4-6-8-13-19(14-9-7-5-2)16(20)17(3)11-10-12-18-15-17/h18H,4-15H2,1-3H3. The fourth-order valence-corrected chi connectivity index (χ4v) is 3.04. The summed E-state index contributed by atoms with van der Waals surface area (Å²) < 4.78 is 0. The van der Waals surface area contributed by atoms with Crippen LogP contribution in [0.1, 0.15) is 72.1 Å². The van der Waals surface area contributed by atoms with Crippen molar-refractivity contribution in [2.75, 3.05) is 26.2 Å². The van der Waals surface area contributed by atoms with Gasteiger partial charge in [0.05, 0.1) is 5.41 Å². The van der Waals surface area contributed by atoms with Crippen LogP contribution in [-0.2, 0) is 4.79 Å². The molecule has 20 heavy (non-hydrogen) atoms. The number of amides is 1. The Balaban J connectivity index is 2.56. The molecule has 0 aromatic carbocycles. The van der Waals surface area contributed by atoms with E-state index < -0.39 is 0 Å². The minimum atomic E-state index is -0.170. The summed E-state index contributed by atoms with van der Waals surface area (Å²) in [6.07, 6.45) is 9.36. The first-order valence-electron chi connectivity index (χ1n) is 8.64. The highest BCUT2D eigenvalue weighted by Crippen LogP contribution is 2.28. The maximum atomic E-state index is 12.9. The van der Waals surface area contributed by atoms with Crippen LogP contribution in [-0.4, -0.2) is 37.0 Å². The zero-order valence-corrected chi connectivity index (χ0v) is 13.8. The first kappa shape index (κ1) is 17.5. The van der Waals surface area contributed by atoms with Crippen molar-refractivity contribution in [2.24, 2.45) is 5.41 Å². The van der Waals surface area contributed by atoms with Gasteiger partial charge in [0.1, 0.15) is 0 Å². The van der Waals surface area contributed by atoms with Crippen molar-refractivity contribution < 1.29 is 4.79 Å². The molecule has 1 aliphatic heterocycles. The van der Waals surface area contributed by atoms with Crippen LogP contribution in [0.4, 0.5) is 0 Å². The van der Waals surface area contributed by atoms with E-state index in [1.165, 1.54) is 25.7 Å². The smallest absolute Gasteiger partial charge is 0.229 e.